The fraction of sp³-hybridized carbons (Fsp3) is 0.182. The van der Waals surface area contributed by atoms with Crippen LogP contribution < -0.4 is 16.2 Å². The second kappa shape index (κ2) is 9.57. The summed E-state index contributed by atoms with van der Waals surface area (Å²) in [7, 11) is 0. The van der Waals surface area contributed by atoms with Crippen LogP contribution in [0.2, 0.25) is 0 Å². The van der Waals surface area contributed by atoms with E-state index in [4.69, 9.17) is 9.84 Å². The molecule has 160 valence electrons. The monoisotopic (exact) mass is 423 g/mol. The van der Waals surface area contributed by atoms with Gasteiger partial charge in [0.15, 0.2) is 0 Å². The van der Waals surface area contributed by atoms with Crippen LogP contribution in [-0.2, 0) is 19.1 Å². The van der Waals surface area contributed by atoms with Gasteiger partial charge in [-0.25, -0.2) is 15.0 Å². The van der Waals surface area contributed by atoms with E-state index in [-0.39, 0.29) is 18.9 Å². The number of carbonyl (C=O) groups is 4. The van der Waals surface area contributed by atoms with E-state index in [1.165, 1.54) is 6.08 Å². The standard InChI is InChI=1S/C22H21N3O6/c1-2-7-18(23-20(27)21(28)29)19(26)24-25-22(30)31-12-17-15-10-5-3-8-13(15)14-9-4-6-11-16(14)17/h2-6,8-11,17-18H,1,7,12H2,(H,23,27)(H,24,26)(H,25,30)(H,28,29). The quantitative estimate of drug-likeness (QED) is 0.317. The number of rotatable bonds is 6. The Labute approximate surface area is 178 Å². The number of amides is 3. The molecule has 4 N–H and O–H groups in total. The number of carboxylic acid groups (broad SMARTS) is 1. The zero-order chi connectivity index (χ0) is 22.4. The Balaban J connectivity index is 1.57. The van der Waals surface area contributed by atoms with Crippen molar-refractivity contribution in [2.75, 3.05) is 6.61 Å². The SMILES string of the molecule is C=CCC(NC(=O)C(=O)O)C(=O)NNC(=O)OCC1c2ccccc2-c2ccccc21. The normalized spacial score (nSPS) is 12.6. The van der Waals surface area contributed by atoms with E-state index in [0.717, 1.165) is 22.3 Å². The molecule has 9 heteroatoms. The molecule has 9 nitrogen and oxygen atoms in total. The lowest BCUT2D eigenvalue weighted by Gasteiger charge is -2.17. The topological polar surface area (TPSA) is 134 Å². The van der Waals surface area contributed by atoms with Crippen molar-refractivity contribution in [3.63, 3.8) is 0 Å². The first kappa shape index (κ1) is 21.6. The summed E-state index contributed by atoms with van der Waals surface area (Å²) in [6.45, 7) is 3.51. The van der Waals surface area contributed by atoms with E-state index >= 15 is 0 Å². The first-order valence-corrected chi connectivity index (χ1v) is 9.48. The summed E-state index contributed by atoms with van der Waals surface area (Å²) in [4.78, 5) is 46.2. The average molecular weight is 423 g/mol. The number of fused-ring (bicyclic) bond motifs is 3. The minimum absolute atomic E-state index is 0.0305. The number of aliphatic carboxylic acids is 1. The van der Waals surface area contributed by atoms with Gasteiger partial charge in [0.25, 0.3) is 5.91 Å². The summed E-state index contributed by atoms with van der Waals surface area (Å²) in [5.74, 6) is -4.03. The smallest absolute Gasteiger partial charge is 0.426 e. The Morgan fingerprint density at radius 2 is 1.58 bits per heavy atom. The zero-order valence-corrected chi connectivity index (χ0v) is 16.5. The molecule has 1 unspecified atom stereocenters. The molecule has 0 bridgehead atoms. The maximum absolute atomic E-state index is 12.1. The lowest BCUT2D eigenvalue weighted by Crippen LogP contribution is -2.53. The molecular formula is C22H21N3O6. The molecule has 1 aliphatic rings. The predicted octanol–water partition coefficient (Wildman–Crippen LogP) is 1.70. The first-order valence-electron chi connectivity index (χ1n) is 9.48. The molecule has 1 aliphatic carbocycles. The molecular weight excluding hydrogens is 402 g/mol. The van der Waals surface area contributed by atoms with Crippen LogP contribution in [0, 0.1) is 0 Å². The summed E-state index contributed by atoms with van der Waals surface area (Å²) in [6, 6.07) is 14.5. The fourth-order valence-corrected chi connectivity index (χ4v) is 3.45. The van der Waals surface area contributed by atoms with Crippen molar-refractivity contribution >= 4 is 23.9 Å². The van der Waals surface area contributed by atoms with E-state index in [0.29, 0.717) is 0 Å². The van der Waals surface area contributed by atoms with Gasteiger partial charge in [0.2, 0.25) is 0 Å². The van der Waals surface area contributed by atoms with E-state index < -0.39 is 29.9 Å². The molecule has 0 aliphatic heterocycles. The van der Waals surface area contributed by atoms with Crippen molar-refractivity contribution in [3.05, 3.63) is 72.3 Å². The summed E-state index contributed by atoms with van der Waals surface area (Å²) in [5.41, 5.74) is 8.47. The van der Waals surface area contributed by atoms with Gasteiger partial charge in [0.05, 0.1) is 0 Å². The van der Waals surface area contributed by atoms with Crippen molar-refractivity contribution in [2.45, 2.75) is 18.4 Å². The highest BCUT2D eigenvalue weighted by atomic mass is 16.6. The highest BCUT2D eigenvalue weighted by molar-refractivity contribution is 6.32. The van der Waals surface area contributed by atoms with Crippen LogP contribution in [0.15, 0.2) is 61.2 Å². The van der Waals surface area contributed by atoms with Gasteiger partial charge in [0, 0.05) is 5.92 Å². The van der Waals surface area contributed by atoms with E-state index in [2.05, 4.69) is 17.4 Å². The Kier molecular flexibility index (Phi) is 6.66. The van der Waals surface area contributed by atoms with Gasteiger partial charge in [-0.2, -0.15) is 0 Å². The number of ether oxygens (including phenoxy) is 1. The number of benzene rings is 2. The third-order valence-electron chi connectivity index (χ3n) is 4.85. The third kappa shape index (κ3) is 4.89. The van der Waals surface area contributed by atoms with E-state index in [1.807, 2.05) is 53.8 Å². The van der Waals surface area contributed by atoms with Crippen LogP contribution in [0.5, 0.6) is 0 Å². The molecule has 0 fully saturated rings. The van der Waals surface area contributed by atoms with Crippen molar-refractivity contribution in [2.24, 2.45) is 0 Å². The van der Waals surface area contributed by atoms with E-state index in [1.54, 1.807) is 0 Å². The van der Waals surface area contributed by atoms with Crippen molar-refractivity contribution in [3.8, 4) is 11.1 Å². The number of hydrazine groups is 1. The first-order chi connectivity index (χ1) is 14.9. The molecule has 3 rings (SSSR count). The van der Waals surface area contributed by atoms with Gasteiger partial charge in [-0.3, -0.25) is 15.0 Å². The highest BCUT2D eigenvalue weighted by Crippen LogP contribution is 2.44. The summed E-state index contributed by atoms with van der Waals surface area (Å²) >= 11 is 0. The average Bonchev–Trinajstić information content (AvgIpc) is 3.09. The molecule has 1 atom stereocenters. The van der Waals surface area contributed by atoms with Gasteiger partial charge in [-0.15, -0.1) is 6.58 Å². The van der Waals surface area contributed by atoms with Gasteiger partial charge in [0.1, 0.15) is 12.6 Å². The lowest BCUT2D eigenvalue weighted by atomic mass is 9.98. The van der Waals surface area contributed by atoms with Crippen LogP contribution in [-0.4, -0.2) is 41.6 Å². The molecule has 0 heterocycles. The highest BCUT2D eigenvalue weighted by Gasteiger charge is 2.29. The van der Waals surface area contributed by atoms with Gasteiger partial charge in [-0.05, 0) is 28.7 Å². The Morgan fingerprint density at radius 1 is 1.00 bits per heavy atom. The minimum Gasteiger partial charge on any atom is -0.474 e. The predicted molar refractivity (Wildman–Crippen MR) is 111 cm³/mol. The molecule has 0 spiro atoms. The molecule has 0 saturated carbocycles. The molecule has 2 aromatic rings. The van der Waals surface area contributed by atoms with Crippen LogP contribution in [0.1, 0.15) is 23.5 Å². The minimum atomic E-state index is -1.73. The summed E-state index contributed by atoms with van der Waals surface area (Å²) in [6.07, 6.45) is 0.411. The third-order valence-corrected chi connectivity index (χ3v) is 4.85. The van der Waals surface area contributed by atoms with Gasteiger partial charge < -0.3 is 15.2 Å². The number of carboxylic acids is 1. The number of nitrogens with one attached hydrogen (secondary N) is 3. The molecule has 31 heavy (non-hydrogen) atoms. The lowest BCUT2D eigenvalue weighted by molar-refractivity contribution is -0.151. The Morgan fingerprint density at radius 3 is 2.13 bits per heavy atom. The van der Waals surface area contributed by atoms with Gasteiger partial charge >= 0.3 is 18.0 Å². The Bertz CT molecular complexity index is 990. The summed E-state index contributed by atoms with van der Waals surface area (Å²) in [5, 5.41) is 10.7. The van der Waals surface area contributed by atoms with Crippen LogP contribution in [0.25, 0.3) is 11.1 Å². The molecule has 2 aromatic carbocycles. The number of carbonyl (C=O) groups excluding carboxylic acids is 3. The maximum Gasteiger partial charge on any atom is 0.426 e. The summed E-state index contributed by atoms with van der Waals surface area (Å²) < 4.78 is 5.28. The fourth-order valence-electron chi connectivity index (χ4n) is 3.45. The molecule has 3 amide bonds. The maximum atomic E-state index is 12.1. The second-order valence-corrected chi connectivity index (χ2v) is 6.80. The van der Waals surface area contributed by atoms with Crippen molar-refractivity contribution in [1.29, 1.82) is 0 Å². The molecule has 0 saturated heterocycles. The Hall–Kier alpha value is -4.14. The number of hydrogen-bond donors (Lipinski definition) is 4. The van der Waals surface area contributed by atoms with Crippen molar-refractivity contribution in [1.82, 2.24) is 16.2 Å². The molecule has 0 aromatic heterocycles. The number of hydrogen-bond acceptors (Lipinski definition) is 5. The van der Waals surface area contributed by atoms with Crippen molar-refractivity contribution < 1.29 is 29.0 Å². The second-order valence-electron chi connectivity index (χ2n) is 6.80. The largest absolute Gasteiger partial charge is 0.474 e. The van der Waals surface area contributed by atoms with Crippen LogP contribution >= 0.6 is 0 Å². The van der Waals surface area contributed by atoms with Gasteiger partial charge in [-0.1, -0.05) is 54.6 Å². The molecule has 0 radical (unpaired) electrons. The van der Waals surface area contributed by atoms with Crippen LogP contribution in [0.4, 0.5) is 4.79 Å². The van der Waals surface area contributed by atoms with E-state index in [9.17, 15) is 19.2 Å². The zero-order valence-electron chi connectivity index (χ0n) is 16.5. The van der Waals surface area contributed by atoms with Crippen LogP contribution in [0.3, 0.4) is 0 Å².